The average Bonchev–Trinajstić information content (AvgIpc) is 2.26. The van der Waals surface area contributed by atoms with Gasteiger partial charge in [-0.25, -0.2) is 14.8 Å². The largest absolute Gasteiger partial charge is 0.478 e. The number of hydrogen-bond acceptors (Lipinski definition) is 4. The summed E-state index contributed by atoms with van der Waals surface area (Å²) in [6, 6.07) is 2.00. The highest BCUT2D eigenvalue weighted by Crippen LogP contribution is 2.20. The summed E-state index contributed by atoms with van der Waals surface area (Å²) in [6.07, 6.45) is 1.75. The Morgan fingerprint density at radius 2 is 1.68 bits per heavy atom. The van der Waals surface area contributed by atoms with Crippen LogP contribution >= 0.6 is 0 Å². The van der Waals surface area contributed by atoms with Gasteiger partial charge in [-0.1, -0.05) is 6.07 Å². The van der Waals surface area contributed by atoms with E-state index in [2.05, 4.69) is 15.0 Å². The summed E-state index contributed by atoms with van der Waals surface area (Å²) in [4.78, 5) is 24.0. The Hall–Kier alpha value is -2.30. The summed E-state index contributed by atoms with van der Waals surface area (Å²) in [5.41, 5.74) is 3.80. The van der Waals surface area contributed by atoms with Crippen LogP contribution in [-0.2, 0) is 0 Å². The number of rotatable bonds is 2. The summed E-state index contributed by atoms with van der Waals surface area (Å²) in [5.74, 6) is -0.535. The molecule has 0 saturated heterocycles. The lowest BCUT2D eigenvalue weighted by Gasteiger charge is -2.09. The monoisotopic (exact) mass is 257 g/mol. The minimum Gasteiger partial charge on any atom is -0.478 e. The third kappa shape index (κ3) is 2.45. The summed E-state index contributed by atoms with van der Waals surface area (Å²) in [5, 5.41) is 9.10. The van der Waals surface area contributed by atoms with Gasteiger partial charge < -0.3 is 5.11 Å². The summed E-state index contributed by atoms with van der Waals surface area (Å²) >= 11 is 0. The zero-order chi connectivity index (χ0) is 14.2. The van der Waals surface area contributed by atoms with E-state index in [9.17, 15) is 4.79 Å². The lowest BCUT2D eigenvalue weighted by molar-refractivity contribution is 0.0694. The Labute approximate surface area is 111 Å². The van der Waals surface area contributed by atoms with Crippen molar-refractivity contribution < 1.29 is 9.90 Å². The molecule has 0 aliphatic heterocycles. The van der Waals surface area contributed by atoms with E-state index in [-0.39, 0.29) is 5.56 Å². The molecule has 0 amide bonds. The molecule has 98 valence electrons. The summed E-state index contributed by atoms with van der Waals surface area (Å²) in [6.45, 7) is 7.25. The lowest BCUT2D eigenvalue weighted by atomic mass is 10.1. The van der Waals surface area contributed by atoms with E-state index in [0.29, 0.717) is 22.9 Å². The maximum absolute atomic E-state index is 11.1. The molecule has 0 bridgehead atoms. The van der Waals surface area contributed by atoms with Crippen molar-refractivity contribution in [3.63, 3.8) is 0 Å². The molecule has 2 rings (SSSR count). The molecule has 2 aromatic rings. The van der Waals surface area contributed by atoms with E-state index < -0.39 is 5.97 Å². The van der Waals surface area contributed by atoms with E-state index in [1.807, 2.05) is 19.9 Å². The Morgan fingerprint density at radius 1 is 1.11 bits per heavy atom. The van der Waals surface area contributed by atoms with Crippen molar-refractivity contribution in [1.82, 2.24) is 15.0 Å². The van der Waals surface area contributed by atoms with Crippen molar-refractivity contribution in [3.05, 3.63) is 40.3 Å². The fourth-order valence-electron chi connectivity index (χ4n) is 2.08. The molecule has 2 aromatic heterocycles. The van der Waals surface area contributed by atoms with Crippen LogP contribution in [0.1, 0.15) is 32.9 Å². The van der Waals surface area contributed by atoms with Gasteiger partial charge in [-0.15, -0.1) is 0 Å². The van der Waals surface area contributed by atoms with Gasteiger partial charge in [0.05, 0.1) is 11.4 Å². The van der Waals surface area contributed by atoms with Gasteiger partial charge in [0, 0.05) is 6.20 Å². The number of aromatic nitrogens is 3. The van der Waals surface area contributed by atoms with Crippen molar-refractivity contribution in [1.29, 1.82) is 0 Å². The number of hydrogen-bond donors (Lipinski definition) is 1. The second-order valence-corrected chi connectivity index (χ2v) is 4.58. The van der Waals surface area contributed by atoms with E-state index >= 15 is 0 Å². The molecule has 0 fully saturated rings. The fourth-order valence-corrected chi connectivity index (χ4v) is 2.08. The molecule has 2 heterocycles. The second kappa shape index (κ2) is 4.76. The van der Waals surface area contributed by atoms with Crippen LogP contribution in [0.15, 0.2) is 12.3 Å². The van der Waals surface area contributed by atoms with Crippen LogP contribution < -0.4 is 0 Å². The van der Waals surface area contributed by atoms with Gasteiger partial charge >= 0.3 is 5.97 Å². The number of pyridine rings is 1. The standard InChI is InChI=1S/C14H15N3O2/c1-7-5-8(2)12(15-6-7)13-16-9(3)11(14(18)19)10(4)17-13/h5-6H,1-4H3,(H,18,19). The summed E-state index contributed by atoms with van der Waals surface area (Å²) in [7, 11) is 0. The van der Waals surface area contributed by atoms with Gasteiger partial charge in [-0.05, 0) is 38.8 Å². The van der Waals surface area contributed by atoms with Gasteiger partial charge in [0.15, 0.2) is 5.82 Å². The molecule has 0 radical (unpaired) electrons. The molecular weight excluding hydrogens is 242 g/mol. The predicted molar refractivity (Wildman–Crippen MR) is 71.2 cm³/mol. The van der Waals surface area contributed by atoms with Crippen molar-refractivity contribution in [2.24, 2.45) is 0 Å². The minimum absolute atomic E-state index is 0.161. The Kier molecular flexibility index (Phi) is 3.29. The third-order valence-electron chi connectivity index (χ3n) is 2.91. The quantitative estimate of drug-likeness (QED) is 0.894. The van der Waals surface area contributed by atoms with Crippen molar-refractivity contribution in [2.75, 3.05) is 0 Å². The predicted octanol–water partition coefficient (Wildman–Crippen LogP) is 2.47. The average molecular weight is 257 g/mol. The molecule has 0 spiro atoms. The Balaban J connectivity index is 2.61. The molecule has 5 nitrogen and oxygen atoms in total. The first-order chi connectivity index (χ1) is 8.90. The number of aryl methyl sites for hydroxylation is 4. The molecule has 0 aliphatic rings. The fraction of sp³-hybridized carbons (Fsp3) is 0.286. The van der Waals surface area contributed by atoms with Gasteiger partial charge in [0.25, 0.3) is 0 Å². The number of carbonyl (C=O) groups is 1. The number of carboxylic acids is 1. The van der Waals surface area contributed by atoms with E-state index in [0.717, 1.165) is 11.1 Å². The first kappa shape index (κ1) is 13.1. The molecule has 0 unspecified atom stereocenters. The molecule has 5 heteroatoms. The Morgan fingerprint density at radius 3 is 2.16 bits per heavy atom. The van der Waals surface area contributed by atoms with Crippen LogP contribution in [0.4, 0.5) is 0 Å². The highest BCUT2D eigenvalue weighted by atomic mass is 16.4. The highest BCUT2D eigenvalue weighted by Gasteiger charge is 2.16. The first-order valence-electron chi connectivity index (χ1n) is 5.92. The SMILES string of the molecule is Cc1cnc(-c2nc(C)c(C(=O)O)c(C)n2)c(C)c1. The van der Waals surface area contributed by atoms with Crippen molar-refractivity contribution in [2.45, 2.75) is 27.7 Å². The highest BCUT2D eigenvalue weighted by molar-refractivity contribution is 5.90. The summed E-state index contributed by atoms with van der Waals surface area (Å²) < 4.78 is 0. The van der Waals surface area contributed by atoms with E-state index in [4.69, 9.17) is 5.11 Å². The lowest BCUT2D eigenvalue weighted by Crippen LogP contribution is -2.09. The van der Waals surface area contributed by atoms with Crippen LogP contribution in [0, 0.1) is 27.7 Å². The topological polar surface area (TPSA) is 76.0 Å². The first-order valence-corrected chi connectivity index (χ1v) is 5.92. The van der Waals surface area contributed by atoms with E-state index in [1.54, 1.807) is 20.0 Å². The molecular formula is C14H15N3O2. The van der Waals surface area contributed by atoms with Crippen LogP contribution in [0.25, 0.3) is 11.5 Å². The van der Waals surface area contributed by atoms with Crippen molar-refractivity contribution in [3.8, 4) is 11.5 Å². The van der Waals surface area contributed by atoms with Gasteiger partial charge in [0.2, 0.25) is 0 Å². The molecule has 0 aromatic carbocycles. The molecule has 1 N–H and O–H groups in total. The van der Waals surface area contributed by atoms with Crippen LogP contribution in [-0.4, -0.2) is 26.0 Å². The molecule has 0 atom stereocenters. The second-order valence-electron chi connectivity index (χ2n) is 4.58. The zero-order valence-corrected chi connectivity index (χ0v) is 11.4. The molecule has 19 heavy (non-hydrogen) atoms. The van der Waals surface area contributed by atoms with Crippen LogP contribution in [0.5, 0.6) is 0 Å². The normalized spacial score (nSPS) is 10.5. The number of aromatic carboxylic acids is 1. The van der Waals surface area contributed by atoms with Gasteiger partial charge in [0.1, 0.15) is 11.3 Å². The van der Waals surface area contributed by atoms with Gasteiger partial charge in [-0.3, -0.25) is 4.98 Å². The van der Waals surface area contributed by atoms with Crippen molar-refractivity contribution >= 4 is 5.97 Å². The maximum Gasteiger partial charge on any atom is 0.339 e. The zero-order valence-electron chi connectivity index (χ0n) is 11.4. The Bertz CT molecular complexity index is 643. The molecule has 0 aliphatic carbocycles. The number of carboxylic acid groups (broad SMARTS) is 1. The number of nitrogens with zero attached hydrogens (tertiary/aromatic N) is 3. The van der Waals surface area contributed by atoms with Gasteiger partial charge in [-0.2, -0.15) is 0 Å². The van der Waals surface area contributed by atoms with Crippen LogP contribution in [0.3, 0.4) is 0 Å². The maximum atomic E-state index is 11.1. The van der Waals surface area contributed by atoms with Crippen LogP contribution in [0.2, 0.25) is 0 Å². The van der Waals surface area contributed by atoms with E-state index in [1.165, 1.54) is 0 Å². The third-order valence-corrected chi connectivity index (χ3v) is 2.91. The smallest absolute Gasteiger partial charge is 0.339 e. The molecule has 0 saturated carbocycles. The minimum atomic E-state index is -1.00.